The Morgan fingerprint density at radius 3 is 2.47 bits per heavy atom. The lowest BCUT2D eigenvalue weighted by Gasteiger charge is -2.15. The first kappa shape index (κ1) is 20.2. The van der Waals surface area contributed by atoms with Crippen molar-refractivity contribution in [2.24, 2.45) is 0 Å². The van der Waals surface area contributed by atoms with E-state index in [4.69, 9.17) is 10.5 Å². The molecule has 3 aromatic rings. The normalized spacial score (nSPS) is 14.3. The van der Waals surface area contributed by atoms with Crippen LogP contribution in [0.2, 0.25) is 0 Å². The van der Waals surface area contributed by atoms with Crippen LogP contribution in [0.4, 0.5) is 5.82 Å². The highest BCUT2D eigenvalue weighted by molar-refractivity contribution is 5.88. The van der Waals surface area contributed by atoms with Gasteiger partial charge in [-0.05, 0) is 49.5 Å². The Morgan fingerprint density at radius 2 is 1.80 bits per heavy atom. The molecule has 2 aromatic heterocycles. The average Bonchev–Trinajstić information content (AvgIpc) is 3.38. The zero-order valence-electron chi connectivity index (χ0n) is 17.5. The molecular weight excluding hydrogens is 376 g/mol. The van der Waals surface area contributed by atoms with Gasteiger partial charge in [0.1, 0.15) is 17.6 Å². The largest absolute Gasteiger partial charge is 0.463 e. The van der Waals surface area contributed by atoms with Crippen molar-refractivity contribution in [2.75, 3.05) is 25.4 Å². The number of nitriles is 1. The van der Waals surface area contributed by atoms with E-state index in [2.05, 4.69) is 52.1 Å². The molecule has 1 aromatic carbocycles. The predicted octanol–water partition coefficient (Wildman–Crippen LogP) is 3.71. The fourth-order valence-electron chi connectivity index (χ4n) is 3.88. The average molecular weight is 405 g/mol. The number of hydrogen-bond acceptors (Lipinski definition) is 6. The smallest absolute Gasteiger partial charge is 0.320 e. The number of fused-ring (bicyclic) bond motifs is 1. The standard InChI is InChI=1S/C23H28N6O/c1-2-3-12-30-23-26-21(25)20-13-19(14-24)29(22(20)27-23)16-18-8-6-17(7-9-18)15-28-10-4-5-11-28/h6-9,13H,2-5,10-12,15-16H2,1H3,(H2,25,26,27). The van der Waals surface area contributed by atoms with Crippen molar-refractivity contribution in [1.29, 1.82) is 5.26 Å². The van der Waals surface area contributed by atoms with Crippen LogP contribution in [-0.4, -0.2) is 39.1 Å². The Hall–Kier alpha value is -3.11. The summed E-state index contributed by atoms with van der Waals surface area (Å²) >= 11 is 0. The third-order valence-corrected chi connectivity index (χ3v) is 5.57. The maximum absolute atomic E-state index is 9.64. The fourth-order valence-corrected chi connectivity index (χ4v) is 3.88. The van der Waals surface area contributed by atoms with Crippen LogP contribution in [0.5, 0.6) is 6.01 Å². The van der Waals surface area contributed by atoms with Crippen molar-refractivity contribution in [3.05, 3.63) is 47.2 Å². The summed E-state index contributed by atoms with van der Waals surface area (Å²) in [6.45, 7) is 6.56. The van der Waals surface area contributed by atoms with Crippen molar-refractivity contribution in [1.82, 2.24) is 19.4 Å². The number of anilines is 1. The molecule has 7 nitrogen and oxygen atoms in total. The second-order valence-electron chi connectivity index (χ2n) is 7.86. The first-order valence-corrected chi connectivity index (χ1v) is 10.7. The molecule has 1 fully saturated rings. The van der Waals surface area contributed by atoms with E-state index in [9.17, 15) is 5.26 Å². The minimum absolute atomic E-state index is 0.262. The Balaban J connectivity index is 1.58. The van der Waals surface area contributed by atoms with Gasteiger partial charge >= 0.3 is 6.01 Å². The van der Waals surface area contributed by atoms with Gasteiger partial charge in [0.05, 0.1) is 18.5 Å². The molecule has 7 heteroatoms. The van der Waals surface area contributed by atoms with Crippen LogP contribution >= 0.6 is 0 Å². The van der Waals surface area contributed by atoms with Crippen LogP contribution in [-0.2, 0) is 13.1 Å². The molecule has 1 aliphatic rings. The van der Waals surface area contributed by atoms with E-state index >= 15 is 0 Å². The molecule has 3 heterocycles. The summed E-state index contributed by atoms with van der Waals surface area (Å²) in [5.41, 5.74) is 9.70. The zero-order valence-corrected chi connectivity index (χ0v) is 17.5. The van der Waals surface area contributed by atoms with E-state index in [-0.39, 0.29) is 6.01 Å². The Bertz CT molecular complexity index is 1040. The highest BCUT2D eigenvalue weighted by Gasteiger charge is 2.16. The van der Waals surface area contributed by atoms with Crippen LogP contribution in [0, 0.1) is 11.3 Å². The minimum Gasteiger partial charge on any atom is -0.463 e. The molecule has 1 aliphatic heterocycles. The number of unbranched alkanes of at least 4 members (excludes halogenated alkanes) is 1. The topological polar surface area (TPSA) is 93.0 Å². The number of nitrogen functional groups attached to an aromatic ring is 1. The van der Waals surface area contributed by atoms with Crippen LogP contribution in [0.15, 0.2) is 30.3 Å². The van der Waals surface area contributed by atoms with Gasteiger partial charge in [0, 0.05) is 6.54 Å². The maximum atomic E-state index is 9.64. The number of rotatable bonds is 8. The van der Waals surface area contributed by atoms with Crippen LogP contribution in [0.25, 0.3) is 11.0 Å². The number of nitrogens with zero attached hydrogens (tertiary/aromatic N) is 5. The van der Waals surface area contributed by atoms with Crippen molar-refractivity contribution in [3.8, 4) is 12.1 Å². The summed E-state index contributed by atoms with van der Waals surface area (Å²) in [7, 11) is 0. The van der Waals surface area contributed by atoms with Crippen LogP contribution in [0.3, 0.4) is 0 Å². The van der Waals surface area contributed by atoms with Crippen molar-refractivity contribution >= 4 is 16.9 Å². The van der Waals surface area contributed by atoms with Gasteiger partial charge in [0.2, 0.25) is 0 Å². The third kappa shape index (κ3) is 4.39. The third-order valence-electron chi connectivity index (χ3n) is 5.57. The molecule has 1 saturated heterocycles. The minimum atomic E-state index is 0.262. The van der Waals surface area contributed by atoms with E-state index in [1.54, 1.807) is 6.07 Å². The Morgan fingerprint density at radius 1 is 1.10 bits per heavy atom. The fraction of sp³-hybridized carbons (Fsp3) is 0.435. The van der Waals surface area contributed by atoms with E-state index in [0.717, 1.165) is 24.9 Å². The summed E-state index contributed by atoms with van der Waals surface area (Å²) in [5, 5.41) is 10.3. The summed E-state index contributed by atoms with van der Waals surface area (Å²) in [6, 6.07) is 12.9. The van der Waals surface area contributed by atoms with Gasteiger partial charge in [-0.15, -0.1) is 0 Å². The van der Waals surface area contributed by atoms with Gasteiger partial charge in [-0.1, -0.05) is 37.6 Å². The van der Waals surface area contributed by atoms with Gasteiger partial charge in [0.15, 0.2) is 5.65 Å². The second-order valence-corrected chi connectivity index (χ2v) is 7.86. The molecule has 0 aliphatic carbocycles. The first-order valence-electron chi connectivity index (χ1n) is 10.7. The number of nitrogens with two attached hydrogens (primary N) is 1. The summed E-state index contributed by atoms with van der Waals surface area (Å²) in [4.78, 5) is 11.3. The number of hydrogen-bond donors (Lipinski definition) is 1. The molecular formula is C23H28N6O. The molecule has 4 rings (SSSR count). The van der Waals surface area contributed by atoms with Gasteiger partial charge in [0.25, 0.3) is 0 Å². The lowest BCUT2D eigenvalue weighted by molar-refractivity contribution is 0.286. The Labute approximate surface area is 177 Å². The molecule has 30 heavy (non-hydrogen) atoms. The molecule has 0 atom stereocenters. The molecule has 0 spiro atoms. The molecule has 0 amide bonds. The molecule has 0 radical (unpaired) electrons. The number of likely N-dealkylation sites (tertiary alicyclic amines) is 1. The molecule has 0 saturated carbocycles. The number of aromatic nitrogens is 3. The van der Waals surface area contributed by atoms with Crippen LogP contribution < -0.4 is 10.5 Å². The lowest BCUT2D eigenvalue weighted by Crippen LogP contribution is -2.18. The SMILES string of the molecule is CCCCOc1nc(N)c2cc(C#N)n(Cc3ccc(CN4CCCC4)cc3)c2n1. The highest BCUT2D eigenvalue weighted by atomic mass is 16.5. The van der Waals surface area contributed by atoms with Gasteiger partial charge < -0.3 is 15.0 Å². The Kier molecular flexibility index (Phi) is 6.15. The van der Waals surface area contributed by atoms with Gasteiger partial charge in [-0.3, -0.25) is 4.90 Å². The maximum Gasteiger partial charge on any atom is 0.320 e. The first-order chi connectivity index (χ1) is 14.7. The van der Waals surface area contributed by atoms with E-state index in [1.807, 2.05) is 4.57 Å². The molecule has 156 valence electrons. The summed E-state index contributed by atoms with van der Waals surface area (Å²) < 4.78 is 7.54. The molecule has 0 bridgehead atoms. The van der Waals surface area contributed by atoms with E-state index in [1.165, 1.54) is 31.5 Å². The predicted molar refractivity (Wildman–Crippen MR) is 117 cm³/mol. The number of ether oxygens (including phenoxy) is 1. The van der Waals surface area contributed by atoms with Crippen LogP contribution in [0.1, 0.15) is 49.4 Å². The quantitative estimate of drug-likeness (QED) is 0.575. The lowest BCUT2D eigenvalue weighted by atomic mass is 10.1. The van der Waals surface area contributed by atoms with E-state index < -0.39 is 0 Å². The monoisotopic (exact) mass is 404 g/mol. The summed E-state index contributed by atoms with van der Waals surface area (Å²) in [6.07, 6.45) is 4.55. The highest BCUT2D eigenvalue weighted by Crippen LogP contribution is 2.26. The van der Waals surface area contributed by atoms with E-state index in [0.29, 0.717) is 35.7 Å². The second kappa shape index (κ2) is 9.14. The van der Waals surface area contributed by atoms with Crippen molar-refractivity contribution < 1.29 is 4.74 Å². The van der Waals surface area contributed by atoms with Crippen molar-refractivity contribution in [2.45, 2.75) is 45.7 Å². The molecule has 0 unspecified atom stereocenters. The number of benzene rings is 1. The zero-order chi connectivity index (χ0) is 20.9. The van der Waals surface area contributed by atoms with Gasteiger partial charge in [-0.2, -0.15) is 15.2 Å². The van der Waals surface area contributed by atoms with Gasteiger partial charge in [-0.25, -0.2) is 0 Å². The molecule has 2 N–H and O–H groups in total. The summed E-state index contributed by atoms with van der Waals surface area (Å²) in [5.74, 6) is 0.336. The van der Waals surface area contributed by atoms with Crippen molar-refractivity contribution in [3.63, 3.8) is 0 Å².